The average Bonchev–Trinajstić information content (AvgIpc) is 2.30. The number of rotatable bonds is 0. The third-order valence-electron chi connectivity index (χ3n) is 2.14. The lowest BCUT2D eigenvalue weighted by molar-refractivity contribution is 1.25. The van der Waals surface area contributed by atoms with Crippen LogP contribution >= 0.6 is 0 Å². The highest BCUT2D eigenvalue weighted by Crippen LogP contribution is 2.32. The molecule has 0 aromatic heterocycles. The van der Waals surface area contributed by atoms with Crippen molar-refractivity contribution in [3.63, 3.8) is 0 Å². The first-order valence-corrected chi connectivity index (χ1v) is 4.35. The fourth-order valence-electron chi connectivity index (χ4n) is 1.56. The maximum Gasteiger partial charge on any atom is 0.0388 e. The molecule has 1 aliphatic rings. The van der Waals surface area contributed by atoms with Crippen LogP contribution in [0.15, 0.2) is 30.3 Å². The van der Waals surface area contributed by atoms with E-state index in [1.807, 2.05) is 0 Å². The molecular weight excluding hydrogens is 148 g/mol. The molecule has 1 unspecified atom stereocenters. The Morgan fingerprint density at radius 2 is 2.00 bits per heavy atom. The van der Waals surface area contributed by atoms with E-state index in [-0.39, 0.29) is 0 Å². The molecule has 0 aliphatic heterocycles. The van der Waals surface area contributed by atoms with Gasteiger partial charge in [0.1, 0.15) is 0 Å². The average molecular weight is 157 g/mol. The van der Waals surface area contributed by atoms with Gasteiger partial charge in [-0.3, -0.25) is 0 Å². The van der Waals surface area contributed by atoms with Crippen molar-refractivity contribution in [1.82, 2.24) is 0 Å². The van der Waals surface area contributed by atoms with Crippen molar-refractivity contribution in [2.45, 2.75) is 12.5 Å². The first-order valence-electron chi connectivity index (χ1n) is 3.78. The van der Waals surface area contributed by atoms with E-state index in [1.165, 1.54) is 16.7 Å². The molecule has 0 heterocycles. The summed E-state index contributed by atoms with van der Waals surface area (Å²) in [5, 5.41) is 0. The summed E-state index contributed by atoms with van der Waals surface area (Å²) < 4.78 is 0. The summed E-state index contributed by atoms with van der Waals surface area (Å²) in [6, 6.07) is 8.50. The lowest BCUT2D eigenvalue weighted by Crippen LogP contribution is -1.89. The van der Waals surface area contributed by atoms with E-state index in [1.54, 1.807) is 0 Å². The number of allylic oxidation sites excluding steroid dienone is 2. The minimum absolute atomic E-state index is 0.422. The molecule has 0 fully saturated rings. The molecule has 0 saturated carbocycles. The Labute approximate surface area is 70.4 Å². The third kappa shape index (κ3) is 0.961. The Bertz CT molecular complexity index is 312. The Morgan fingerprint density at radius 3 is 2.73 bits per heavy atom. The van der Waals surface area contributed by atoms with Crippen molar-refractivity contribution in [1.29, 1.82) is 0 Å². The van der Waals surface area contributed by atoms with E-state index in [4.69, 9.17) is 0 Å². The molecule has 1 atom stereocenters. The molecular formula is C10H9Si. The molecule has 53 valence electrons. The Hall–Kier alpha value is -0.823. The van der Waals surface area contributed by atoms with E-state index >= 15 is 0 Å². The van der Waals surface area contributed by atoms with Crippen LogP contribution in [0.2, 0.25) is 0 Å². The minimum Gasteiger partial charge on any atom is -0.0770 e. The zero-order valence-corrected chi connectivity index (χ0v) is 7.46. The smallest absolute Gasteiger partial charge is 0.0388 e. The monoisotopic (exact) mass is 157 g/mol. The molecule has 0 nitrogen and oxygen atoms in total. The van der Waals surface area contributed by atoms with E-state index < -0.39 is 0 Å². The van der Waals surface area contributed by atoms with Crippen LogP contribution in [0, 0.1) is 0 Å². The van der Waals surface area contributed by atoms with Crippen molar-refractivity contribution in [2.24, 2.45) is 0 Å². The van der Waals surface area contributed by atoms with Crippen LogP contribution in [0.1, 0.15) is 23.6 Å². The molecule has 0 N–H and O–H groups in total. The van der Waals surface area contributed by atoms with Crippen LogP contribution in [0.3, 0.4) is 0 Å². The largest absolute Gasteiger partial charge is 0.0770 e. The second-order valence-electron chi connectivity index (χ2n) is 2.91. The van der Waals surface area contributed by atoms with Gasteiger partial charge in [0.05, 0.1) is 0 Å². The van der Waals surface area contributed by atoms with Gasteiger partial charge in [-0.1, -0.05) is 30.3 Å². The van der Waals surface area contributed by atoms with Crippen molar-refractivity contribution in [3.8, 4) is 0 Å². The van der Waals surface area contributed by atoms with Crippen LogP contribution < -0.4 is 0 Å². The molecule has 1 heteroatoms. The van der Waals surface area contributed by atoms with Crippen molar-refractivity contribution in [3.05, 3.63) is 41.5 Å². The molecule has 11 heavy (non-hydrogen) atoms. The summed E-state index contributed by atoms with van der Waals surface area (Å²) in [7, 11) is 3.65. The maximum absolute atomic E-state index is 3.65. The second-order valence-corrected chi connectivity index (χ2v) is 3.54. The highest BCUT2D eigenvalue weighted by molar-refractivity contribution is 6.16. The van der Waals surface area contributed by atoms with Gasteiger partial charge in [-0.2, -0.15) is 0 Å². The van der Waals surface area contributed by atoms with Gasteiger partial charge < -0.3 is 0 Å². The van der Waals surface area contributed by atoms with E-state index in [2.05, 4.69) is 47.5 Å². The van der Waals surface area contributed by atoms with Crippen molar-refractivity contribution in [2.75, 3.05) is 0 Å². The zero-order chi connectivity index (χ0) is 7.84. The van der Waals surface area contributed by atoms with Gasteiger partial charge in [-0.15, -0.1) is 0 Å². The summed E-state index contributed by atoms with van der Waals surface area (Å²) in [6.45, 7) is 2.15. The van der Waals surface area contributed by atoms with Crippen molar-refractivity contribution >= 4 is 15.8 Å². The highest BCUT2D eigenvalue weighted by Gasteiger charge is 2.15. The van der Waals surface area contributed by atoms with Gasteiger partial charge in [-0.05, 0) is 29.2 Å². The molecule has 1 aromatic carbocycles. The molecule has 0 bridgehead atoms. The van der Waals surface area contributed by atoms with Gasteiger partial charge in [0.25, 0.3) is 0 Å². The third-order valence-corrected chi connectivity index (χ3v) is 2.62. The number of hydrogen-bond acceptors (Lipinski definition) is 0. The summed E-state index contributed by atoms with van der Waals surface area (Å²) in [5.74, 6) is 0. The standard InChI is InChI=1S/C10H9Si/c1-7-6-10(11)9-5-3-2-4-8(7)9/h2-6,10H,1H3. The lowest BCUT2D eigenvalue weighted by Gasteiger charge is -2.02. The summed E-state index contributed by atoms with van der Waals surface area (Å²) >= 11 is 0. The van der Waals surface area contributed by atoms with E-state index in [9.17, 15) is 0 Å². The summed E-state index contributed by atoms with van der Waals surface area (Å²) in [6.07, 6.45) is 2.24. The topological polar surface area (TPSA) is 0 Å². The predicted molar refractivity (Wildman–Crippen MR) is 48.6 cm³/mol. The molecule has 1 aromatic rings. The molecule has 1 aliphatic carbocycles. The fourth-order valence-corrected chi connectivity index (χ4v) is 2.06. The van der Waals surface area contributed by atoms with Crippen LogP contribution in [-0.2, 0) is 0 Å². The second kappa shape index (κ2) is 2.34. The van der Waals surface area contributed by atoms with E-state index in [0.29, 0.717) is 5.54 Å². The van der Waals surface area contributed by atoms with Gasteiger partial charge in [-0.25, -0.2) is 0 Å². The normalized spacial score (nSPS) is 21.3. The van der Waals surface area contributed by atoms with Gasteiger partial charge >= 0.3 is 0 Å². The van der Waals surface area contributed by atoms with Crippen molar-refractivity contribution < 1.29 is 0 Å². The number of fused-ring (bicyclic) bond motifs is 1. The molecule has 0 spiro atoms. The molecule has 0 amide bonds. The maximum atomic E-state index is 3.65. The molecule has 2 rings (SSSR count). The van der Waals surface area contributed by atoms with Crippen LogP contribution in [0.4, 0.5) is 0 Å². The Kier molecular flexibility index (Phi) is 1.46. The van der Waals surface area contributed by atoms with Gasteiger partial charge in [0.2, 0.25) is 0 Å². The SMILES string of the molecule is CC1=CC([Si])c2ccccc21. The number of benzene rings is 1. The zero-order valence-electron chi connectivity index (χ0n) is 6.46. The summed E-state index contributed by atoms with van der Waals surface area (Å²) in [4.78, 5) is 0. The molecule has 0 saturated heterocycles. The van der Waals surface area contributed by atoms with Gasteiger partial charge in [0.15, 0.2) is 0 Å². The van der Waals surface area contributed by atoms with Crippen LogP contribution in [0.5, 0.6) is 0 Å². The minimum atomic E-state index is 0.422. The van der Waals surface area contributed by atoms with Gasteiger partial charge in [0, 0.05) is 10.2 Å². The lowest BCUT2D eigenvalue weighted by atomic mass is 10.1. The molecule has 3 radical (unpaired) electrons. The fraction of sp³-hybridized carbons (Fsp3) is 0.200. The van der Waals surface area contributed by atoms with E-state index in [0.717, 1.165) is 0 Å². The summed E-state index contributed by atoms with van der Waals surface area (Å²) in [5.41, 5.74) is 4.57. The highest BCUT2D eigenvalue weighted by atomic mass is 28.1. The quantitative estimate of drug-likeness (QED) is 0.507. The number of hydrogen-bond donors (Lipinski definition) is 0. The van der Waals surface area contributed by atoms with Crippen LogP contribution in [0.25, 0.3) is 5.57 Å². The Morgan fingerprint density at radius 1 is 1.27 bits per heavy atom. The Balaban J connectivity index is 2.62. The first kappa shape index (κ1) is 6.86. The van der Waals surface area contributed by atoms with Crippen LogP contribution in [-0.4, -0.2) is 10.2 Å². The predicted octanol–water partition coefficient (Wildman–Crippen LogP) is 2.31. The first-order chi connectivity index (χ1) is 5.29.